The Balaban J connectivity index is 1.65. The third-order valence-electron chi connectivity index (χ3n) is 8.26. The summed E-state index contributed by atoms with van der Waals surface area (Å²) in [5.74, 6) is -2.71. The Labute approximate surface area is 299 Å². The second-order valence-electron chi connectivity index (χ2n) is 12.4. The summed E-state index contributed by atoms with van der Waals surface area (Å²) in [6.07, 6.45) is 0.920. The highest BCUT2D eigenvalue weighted by Gasteiger charge is 2.25. The van der Waals surface area contributed by atoms with E-state index >= 15 is 0 Å². The number of aliphatic hydroxyl groups is 1. The predicted molar refractivity (Wildman–Crippen MR) is 195 cm³/mol. The molecule has 272 valence electrons. The number of amides is 2. The topological polar surface area (TPSA) is 128 Å². The number of benzene rings is 4. The molecule has 0 aliphatic heterocycles. The van der Waals surface area contributed by atoms with Crippen molar-refractivity contribution in [2.45, 2.75) is 70.0 Å². The van der Waals surface area contributed by atoms with Crippen molar-refractivity contribution in [3.8, 4) is 0 Å². The number of hydrogen-bond acceptors (Lipinski definition) is 6. The molecule has 2 atom stereocenters. The standard InChI is InChI=1S/C39H46F2N4O5S/c1-4-15-45(16-5-2)39(48)31-21-30(22-34(23-31)44-51(49,50)35-13-8-7-9-14-35)38(47)43-36(20-29-18-32(40)24-33(41)19-29)37(46)26-42-25-28-12-10-11-27(6-3)17-28/h7-14,17-19,21-24,36-37,42,44,46H,4-6,15-16,20,25-26H2,1-3H3,(H,43,47)/t36-,37+/m0/s1. The van der Waals surface area contributed by atoms with E-state index in [1.807, 2.05) is 38.1 Å². The number of sulfonamides is 1. The lowest BCUT2D eigenvalue weighted by Gasteiger charge is -2.26. The minimum Gasteiger partial charge on any atom is -0.390 e. The van der Waals surface area contributed by atoms with Crippen LogP contribution < -0.4 is 15.4 Å². The van der Waals surface area contributed by atoms with Crippen LogP contribution in [0.5, 0.6) is 0 Å². The van der Waals surface area contributed by atoms with E-state index in [9.17, 15) is 31.9 Å². The lowest BCUT2D eigenvalue weighted by Crippen LogP contribution is -2.48. The van der Waals surface area contributed by atoms with Crippen LogP contribution in [-0.2, 0) is 29.4 Å². The molecule has 4 aromatic rings. The first-order chi connectivity index (χ1) is 24.4. The highest BCUT2D eigenvalue weighted by Crippen LogP contribution is 2.22. The molecular formula is C39H46F2N4O5S. The van der Waals surface area contributed by atoms with Crippen LogP contribution in [0.3, 0.4) is 0 Å². The van der Waals surface area contributed by atoms with Gasteiger partial charge in [-0.3, -0.25) is 14.3 Å². The SMILES string of the molecule is CCCN(CCC)C(=O)c1cc(NS(=O)(=O)c2ccccc2)cc(C(=O)N[C@@H](Cc2cc(F)cc(F)c2)[C@H](O)CNCc2cccc(CC)c2)c1. The number of nitrogens with zero attached hydrogens (tertiary/aromatic N) is 1. The van der Waals surface area contributed by atoms with Gasteiger partial charge in [-0.2, -0.15) is 0 Å². The van der Waals surface area contributed by atoms with Gasteiger partial charge in [0, 0.05) is 43.4 Å². The number of aryl methyl sites for hydroxylation is 1. The molecule has 9 nitrogen and oxygen atoms in total. The van der Waals surface area contributed by atoms with Crippen LogP contribution in [0.1, 0.15) is 71.0 Å². The summed E-state index contributed by atoms with van der Waals surface area (Å²) in [6, 6.07) is 21.7. The number of hydrogen-bond donors (Lipinski definition) is 4. The molecule has 0 bridgehead atoms. The van der Waals surface area contributed by atoms with Crippen molar-refractivity contribution < 1.29 is 31.9 Å². The van der Waals surface area contributed by atoms with Crippen LogP contribution >= 0.6 is 0 Å². The fraction of sp³-hybridized carbons (Fsp3) is 0.333. The van der Waals surface area contributed by atoms with E-state index in [-0.39, 0.29) is 46.1 Å². The number of carbonyl (C=O) groups excluding carboxylic acids is 2. The second-order valence-corrected chi connectivity index (χ2v) is 14.1. The third kappa shape index (κ3) is 11.4. The fourth-order valence-corrected chi connectivity index (χ4v) is 6.84. The number of carbonyl (C=O) groups is 2. The monoisotopic (exact) mass is 720 g/mol. The molecule has 51 heavy (non-hydrogen) atoms. The second kappa shape index (κ2) is 18.5. The van der Waals surface area contributed by atoms with Crippen molar-refractivity contribution >= 4 is 27.5 Å². The fourth-order valence-electron chi connectivity index (χ4n) is 5.78. The van der Waals surface area contributed by atoms with Gasteiger partial charge in [0.2, 0.25) is 0 Å². The Hall–Kier alpha value is -4.65. The van der Waals surface area contributed by atoms with E-state index in [1.54, 1.807) is 23.1 Å². The molecule has 0 saturated heterocycles. The zero-order valence-corrected chi connectivity index (χ0v) is 30.0. The first-order valence-corrected chi connectivity index (χ1v) is 18.6. The Bertz CT molecular complexity index is 1870. The molecule has 0 fully saturated rings. The van der Waals surface area contributed by atoms with Gasteiger partial charge < -0.3 is 20.6 Å². The maximum Gasteiger partial charge on any atom is 0.261 e. The molecule has 0 saturated carbocycles. The third-order valence-corrected chi connectivity index (χ3v) is 9.66. The van der Waals surface area contributed by atoms with Crippen LogP contribution in [0.2, 0.25) is 0 Å². The molecule has 0 unspecified atom stereocenters. The van der Waals surface area contributed by atoms with Gasteiger partial charge in [0.05, 0.1) is 22.7 Å². The number of aliphatic hydroxyl groups excluding tert-OH is 1. The Morgan fingerprint density at radius 1 is 0.784 bits per heavy atom. The highest BCUT2D eigenvalue weighted by atomic mass is 32.2. The summed E-state index contributed by atoms with van der Waals surface area (Å²) >= 11 is 0. The lowest BCUT2D eigenvalue weighted by atomic mass is 9.99. The van der Waals surface area contributed by atoms with Gasteiger partial charge in [-0.1, -0.05) is 63.2 Å². The molecule has 4 rings (SSSR count). The van der Waals surface area contributed by atoms with Gasteiger partial charge >= 0.3 is 0 Å². The first kappa shape index (κ1) is 39.1. The minimum atomic E-state index is -4.09. The van der Waals surface area contributed by atoms with Crippen LogP contribution in [0.25, 0.3) is 0 Å². The van der Waals surface area contributed by atoms with E-state index in [0.717, 1.165) is 35.7 Å². The number of nitrogens with one attached hydrogen (secondary N) is 3. The van der Waals surface area contributed by atoms with E-state index in [1.165, 1.54) is 30.3 Å². The minimum absolute atomic E-state index is 0.00856. The van der Waals surface area contributed by atoms with Gasteiger partial charge in [0.15, 0.2) is 0 Å². The van der Waals surface area contributed by atoms with E-state index < -0.39 is 39.7 Å². The number of halogens is 2. The van der Waals surface area contributed by atoms with Crippen LogP contribution in [0, 0.1) is 11.6 Å². The molecule has 4 aromatic carbocycles. The Morgan fingerprint density at radius 2 is 1.43 bits per heavy atom. The van der Waals surface area contributed by atoms with Crippen LogP contribution in [0.15, 0.2) is 95.9 Å². The summed E-state index contributed by atoms with van der Waals surface area (Å²) < 4.78 is 57.3. The highest BCUT2D eigenvalue weighted by molar-refractivity contribution is 7.92. The number of anilines is 1. The lowest BCUT2D eigenvalue weighted by molar-refractivity contribution is 0.0755. The predicted octanol–water partition coefficient (Wildman–Crippen LogP) is 6.08. The average Bonchev–Trinajstić information content (AvgIpc) is 3.10. The number of rotatable bonds is 18. The normalized spacial score (nSPS) is 12.6. The Morgan fingerprint density at radius 3 is 2.08 bits per heavy atom. The summed E-state index contributed by atoms with van der Waals surface area (Å²) in [6.45, 7) is 7.31. The largest absolute Gasteiger partial charge is 0.390 e. The summed E-state index contributed by atoms with van der Waals surface area (Å²) in [5.41, 5.74) is 2.40. The zero-order chi connectivity index (χ0) is 37.0. The van der Waals surface area contributed by atoms with Crippen molar-refractivity contribution in [2.24, 2.45) is 0 Å². The van der Waals surface area contributed by atoms with Gasteiger partial charge in [-0.05, 0) is 84.8 Å². The first-order valence-electron chi connectivity index (χ1n) is 17.2. The molecule has 0 aliphatic carbocycles. The Kier molecular flexibility index (Phi) is 14.2. The average molecular weight is 721 g/mol. The van der Waals surface area contributed by atoms with E-state index in [2.05, 4.69) is 22.3 Å². The van der Waals surface area contributed by atoms with Gasteiger partial charge in [-0.15, -0.1) is 0 Å². The molecule has 0 heterocycles. The van der Waals surface area contributed by atoms with Crippen molar-refractivity contribution in [3.05, 3.63) is 130 Å². The van der Waals surface area contributed by atoms with Gasteiger partial charge in [0.1, 0.15) is 11.6 Å². The van der Waals surface area contributed by atoms with Gasteiger partial charge in [-0.25, -0.2) is 17.2 Å². The molecule has 2 amide bonds. The van der Waals surface area contributed by atoms with E-state index in [4.69, 9.17) is 0 Å². The quantitative estimate of drug-likeness (QED) is 0.0987. The summed E-state index contributed by atoms with van der Waals surface area (Å²) in [7, 11) is -4.09. The van der Waals surface area contributed by atoms with Crippen molar-refractivity contribution in [1.82, 2.24) is 15.5 Å². The maximum absolute atomic E-state index is 14.2. The van der Waals surface area contributed by atoms with Crippen LogP contribution in [0.4, 0.5) is 14.5 Å². The molecule has 0 aromatic heterocycles. The molecule has 0 radical (unpaired) electrons. The van der Waals surface area contributed by atoms with Crippen molar-refractivity contribution in [1.29, 1.82) is 0 Å². The molecule has 4 N–H and O–H groups in total. The maximum atomic E-state index is 14.2. The smallest absolute Gasteiger partial charge is 0.261 e. The van der Waals surface area contributed by atoms with Crippen molar-refractivity contribution in [2.75, 3.05) is 24.4 Å². The molecule has 12 heteroatoms. The van der Waals surface area contributed by atoms with Crippen LogP contribution in [-0.4, -0.2) is 62.0 Å². The summed E-state index contributed by atoms with van der Waals surface area (Å²) in [5, 5.41) is 17.3. The molecule has 0 spiro atoms. The summed E-state index contributed by atoms with van der Waals surface area (Å²) in [4.78, 5) is 29.3. The molecule has 0 aliphatic rings. The van der Waals surface area contributed by atoms with Gasteiger partial charge in [0.25, 0.3) is 21.8 Å². The van der Waals surface area contributed by atoms with Crippen molar-refractivity contribution in [3.63, 3.8) is 0 Å². The molecular weight excluding hydrogens is 675 g/mol. The zero-order valence-electron chi connectivity index (χ0n) is 29.2. The van der Waals surface area contributed by atoms with E-state index in [0.29, 0.717) is 32.5 Å².